The Labute approximate surface area is 116 Å². The van der Waals surface area contributed by atoms with Crippen LogP contribution in [0.5, 0.6) is 0 Å². The second kappa shape index (κ2) is 5.61. The number of aryl methyl sites for hydroxylation is 1. The van der Waals surface area contributed by atoms with Crippen molar-refractivity contribution in [2.75, 3.05) is 5.32 Å². The van der Waals surface area contributed by atoms with Crippen molar-refractivity contribution in [2.24, 2.45) is 11.8 Å². The highest BCUT2D eigenvalue weighted by Crippen LogP contribution is 2.33. The fraction of sp³-hybridized carbons (Fsp3) is 0.429. The molecule has 102 valence electrons. The fourth-order valence-electron chi connectivity index (χ4n) is 2.53. The molecule has 0 bridgehead atoms. The topological polar surface area (TPSA) is 66.4 Å². The predicted molar refractivity (Wildman–Crippen MR) is 73.3 cm³/mol. The normalized spacial score (nSPS) is 22.2. The van der Waals surface area contributed by atoms with Crippen molar-refractivity contribution in [3.8, 4) is 0 Å². The van der Waals surface area contributed by atoms with Crippen molar-refractivity contribution in [1.29, 1.82) is 0 Å². The van der Waals surface area contributed by atoms with E-state index in [9.17, 15) is 9.59 Å². The second-order valence-electron chi connectivity index (χ2n) is 4.95. The van der Waals surface area contributed by atoms with Crippen molar-refractivity contribution < 1.29 is 14.7 Å². The molecule has 1 aromatic rings. The first-order valence-electron chi connectivity index (χ1n) is 6.29. The van der Waals surface area contributed by atoms with Crippen LogP contribution in [0, 0.1) is 18.8 Å². The van der Waals surface area contributed by atoms with Gasteiger partial charge in [0.05, 0.1) is 22.5 Å². The lowest BCUT2D eigenvalue weighted by molar-refractivity contribution is -0.145. The summed E-state index contributed by atoms with van der Waals surface area (Å²) in [5, 5.41) is 12.3. The van der Waals surface area contributed by atoms with Gasteiger partial charge < -0.3 is 10.4 Å². The summed E-state index contributed by atoms with van der Waals surface area (Å²) in [7, 11) is 0. The molecule has 0 spiro atoms. The van der Waals surface area contributed by atoms with E-state index in [4.69, 9.17) is 16.7 Å². The molecule has 5 heteroatoms. The third-order valence-electron chi connectivity index (χ3n) is 3.55. The van der Waals surface area contributed by atoms with Crippen LogP contribution >= 0.6 is 11.6 Å². The molecule has 1 aliphatic carbocycles. The smallest absolute Gasteiger partial charge is 0.307 e. The van der Waals surface area contributed by atoms with E-state index in [1.54, 1.807) is 12.1 Å². The number of hydrogen-bond donors (Lipinski definition) is 2. The molecule has 1 saturated carbocycles. The number of hydrogen-bond acceptors (Lipinski definition) is 2. The largest absolute Gasteiger partial charge is 0.481 e. The lowest BCUT2D eigenvalue weighted by Crippen LogP contribution is -2.30. The number of benzene rings is 1. The van der Waals surface area contributed by atoms with E-state index < -0.39 is 17.8 Å². The summed E-state index contributed by atoms with van der Waals surface area (Å²) in [4.78, 5) is 23.2. The molecule has 19 heavy (non-hydrogen) atoms. The minimum Gasteiger partial charge on any atom is -0.481 e. The van der Waals surface area contributed by atoms with Gasteiger partial charge in [0.2, 0.25) is 5.91 Å². The molecule has 1 aromatic carbocycles. The molecular weight excluding hydrogens is 266 g/mol. The Morgan fingerprint density at radius 2 is 2.00 bits per heavy atom. The van der Waals surface area contributed by atoms with Crippen LogP contribution in [0.4, 0.5) is 5.69 Å². The highest BCUT2D eigenvalue weighted by atomic mass is 35.5. The Balaban J connectivity index is 2.12. The third-order valence-corrected chi connectivity index (χ3v) is 3.88. The van der Waals surface area contributed by atoms with Crippen LogP contribution in [0.1, 0.15) is 24.8 Å². The van der Waals surface area contributed by atoms with Crippen molar-refractivity contribution in [3.63, 3.8) is 0 Å². The molecule has 2 atom stereocenters. The van der Waals surface area contributed by atoms with Gasteiger partial charge in [0.1, 0.15) is 0 Å². The van der Waals surface area contributed by atoms with Crippen molar-refractivity contribution in [3.05, 3.63) is 28.8 Å². The van der Waals surface area contributed by atoms with Crippen LogP contribution in [0.3, 0.4) is 0 Å². The van der Waals surface area contributed by atoms with Crippen LogP contribution in [0.2, 0.25) is 5.02 Å². The average Bonchev–Trinajstić information content (AvgIpc) is 2.83. The summed E-state index contributed by atoms with van der Waals surface area (Å²) in [5.74, 6) is -2.19. The summed E-state index contributed by atoms with van der Waals surface area (Å²) < 4.78 is 0. The molecule has 2 N–H and O–H groups in total. The van der Waals surface area contributed by atoms with E-state index in [1.165, 1.54) is 0 Å². The monoisotopic (exact) mass is 281 g/mol. The first-order valence-corrected chi connectivity index (χ1v) is 6.66. The quantitative estimate of drug-likeness (QED) is 0.895. The molecule has 2 rings (SSSR count). The number of carboxylic acids is 1. The van der Waals surface area contributed by atoms with E-state index in [0.29, 0.717) is 23.6 Å². The standard InChI is InChI=1S/C14H16ClNO3/c1-8-5-6-11(15)12(7-8)16-13(17)9-3-2-4-10(9)14(18)19/h5-7,9-10H,2-4H2,1H3,(H,16,17)(H,18,19)/t9-,10+/m1/s1. The summed E-state index contributed by atoms with van der Waals surface area (Å²) in [6, 6.07) is 5.36. The molecule has 0 radical (unpaired) electrons. The Hall–Kier alpha value is -1.55. The van der Waals surface area contributed by atoms with Gasteiger partial charge >= 0.3 is 5.97 Å². The molecule has 0 saturated heterocycles. The second-order valence-corrected chi connectivity index (χ2v) is 5.36. The van der Waals surface area contributed by atoms with Gasteiger partial charge in [0.25, 0.3) is 0 Å². The van der Waals surface area contributed by atoms with Crippen LogP contribution in [-0.4, -0.2) is 17.0 Å². The molecule has 1 amide bonds. The lowest BCUT2D eigenvalue weighted by atomic mass is 9.95. The molecule has 4 nitrogen and oxygen atoms in total. The summed E-state index contributed by atoms with van der Waals surface area (Å²) in [6.07, 6.45) is 1.96. The van der Waals surface area contributed by atoms with Crippen LogP contribution in [0.25, 0.3) is 0 Å². The zero-order valence-electron chi connectivity index (χ0n) is 10.6. The Bertz CT molecular complexity index is 515. The van der Waals surface area contributed by atoms with Crippen LogP contribution in [0.15, 0.2) is 18.2 Å². The van der Waals surface area contributed by atoms with Crippen molar-refractivity contribution in [2.45, 2.75) is 26.2 Å². The van der Waals surface area contributed by atoms with Crippen molar-refractivity contribution in [1.82, 2.24) is 0 Å². The summed E-state index contributed by atoms with van der Waals surface area (Å²) in [5.41, 5.74) is 1.53. The van der Waals surface area contributed by atoms with E-state index in [-0.39, 0.29) is 5.91 Å². The maximum absolute atomic E-state index is 12.2. The Morgan fingerprint density at radius 1 is 1.32 bits per heavy atom. The Morgan fingerprint density at radius 3 is 2.68 bits per heavy atom. The fourth-order valence-corrected chi connectivity index (χ4v) is 2.69. The van der Waals surface area contributed by atoms with Gasteiger partial charge in [-0.2, -0.15) is 0 Å². The van der Waals surface area contributed by atoms with Gasteiger partial charge in [-0.3, -0.25) is 9.59 Å². The zero-order valence-corrected chi connectivity index (χ0v) is 11.4. The van der Waals surface area contributed by atoms with Gasteiger partial charge in [-0.25, -0.2) is 0 Å². The molecule has 0 aliphatic heterocycles. The lowest BCUT2D eigenvalue weighted by Gasteiger charge is -2.16. The number of rotatable bonds is 3. The van der Waals surface area contributed by atoms with Crippen molar-refractivity contribution >= 4 is 29.2 Å². The molecule has 0 unspecified atom stereocenters. The molecule has 1 fully saturated rings. The maximum Gasteiger partial charge on any atom is 0.307 e. The first-order chi connectivity index (χ1) is 8.99. The number of nitrogens with one attached hydrogen (secondary N) is 1. The number of carboxylic acid groups (broad SMARTS) is 1. The van der Waals surface area contributed by atoms with Gasteiger partial charge in [-0.1, -0.05) is 24.1 Å². The predicted octanol–water partition coefficient (Wildman–Crippen LogP) is 3.09. The number of carbonyl (C=O) groups is 2. The van der Waals surface area contributed by atoms with E-state index in [0.717, 1.165) is 12.0 Å². The van der Waals surface area contributed by atoms with Crippen LogP contribution in [-0.2, 0) is 9.59 Å². The zero-order chi connectivity index (χ0) is 14.0. The van der Waals surface area contributed by atoms with Gasteiger partial charge in [-0.05, 0) is 37.5 Å². The number of halogens is 1. The number of carbonyl (C=O) groups excluding carboxylic acids is 1. The first kappa shape index (κ1) is 13.9. The highest BCUT2D eigenvalue weighted by Gasteiger charge is 2.37. The SMILES string of the molecule is Cc1ccc(Cl)c(NC(=O)[C@@H]2CCC[C@@H]2C(=O)O)c1. The van der Waals surface area contributed by atoms with E-state index in [2.05, 4.69) is 5.32 Å². The Kier molecular flexibility index (Phi) is 4.10. The maximum atomic E-state index is 12.2. The summed E-state index contributed by atoms with van der Waals surface area (Å²) >= 11 is 6.01. The number of anilines is 1. The van der Waals surface area contributed by atoms with Gasteiger partial charge in [-0.15, -0.1) is 0 Å². The summed E-state index contributed by atoms with van der Waals surface area (Å²) in [6.45, 7) is 1.90. The number of amides is 1. The van der Waals surface area contributed by atoms with Gasteiger partial charge in [0.15, 0.2) is 0 Å². The van der Waals surface area contributed by atoms with Gasteiger partial charge in [0, 0.05) is 0 Å². The van der Waals surface area contributed by atoms with Crippen LogP contribution < -0.4 is 5.32 Å². The molecule has 1 aliphatic rings. The van der Waals surface area contributed by atoms with E-state index in [1.807, 2.05) is 13.0 Å². The minimum absolute atomic E-state index is 0.252. The average molecular weight is 282 g/mol. The molecule has 0 aromatic heterocycles. The number of aliphatic carboxylic acids is 1. The molecule has 0 heterocycles. The molecular formula is C14H16ClNO3. The van der Waals surface area contributed by atoms with E-state index >= 15 is 0 Å². The highest BCUT2D eigenvalue weighted by molar-refractivity contribution is 6.33. The third kappa shape index (κ3) is 3.07. The minimum atomic E-state index is -0.895.